The Morgan fingerprint density at radius 2 is 1.18 bits per heavy atom. The van der Waals surface area contributed by atoms with E-state index in [9.17, 15) is 19.2 Å². The van der Waals surface area contributed by atoms with E-state index in [-0.39, 0.29) is 33.7 Å². The molecule has 4 atom stereocenters. The topological polar surface area (TPSA) is 147 Å². The summed E-state index contributed by atoms with van der Waals surface area (Å²) in [6.07, 6.45) is 5.68. The molecule has 6 amide bonds. The molecule has 11 heteroatoms. The average molecular weight is 568 g/mol. The summed E-state index contributed by atoms with van der Waals surface area (Å²) in [6, 6.07) is -1.26. The molecule has 5 N–H and O–H groups in total. The number of urea groups is 2. The van der Waals surface area contributed by atoms with Crippen LogP contribution in [0.5, 0.6) is 0 Å². The molecule has 0 aliphatic heterocycles. The Bertz CT molecular complexity index is 909. The third-order valence-corrected chi connectivity index (χ3v) is 8.03. The lowest BCUT2D eigenvalue weighted by molar-refractivity contribution is 0.0664. The molecule has 0 spiro atoms. The number of carbonyl (C=O) groups is 4. The van der Waals surface area contributed by atoms with Gasteiger partial charge in [0.05, 0.1) is 13.7 Å². The zero-order valence-electron chi connectivity index (χ0n) is 25.9. The summed E-state index contributed by atoms with van der Waals surface area (Å²) < 4.78 is 10.0. The van der Waals surface area contributed by atoms with E-state index in [2.05, 4.69) is 68.1 Å². The molecule has 2 saturated carbocycles. The van der Waals surface area contributed by atoms with Crippen molar-refractivity contribution in [1.29, 1.82) is 0 Å². The van der Waals surface area contributed by atoms with Crippen molar-refractivity contribution in [1.82, 2.24) is 26.6 Å². The van der Waals surface area contributed by atoms with Crippen LogP contribution in [0.4, 0.5) is 19.2 Å². The van der Waals surface area contributed by atoms with E-state index < -0.39 is 24.2 Å². The van der Waals surface area contributed by atoms with E-state index in [1.165, 1.54) is 7.11 Å². The standard InChI is InChI=1S/C29H53N5O6/c1-9-10-11-40-25(38)33-21-13-27(4,5)17-29(7,15-21)19-31-23(36)34-22(35)30-18-28(6)14-20(32-24(37)39-8)12-26(2,3)16-28/h20-21H,9-19H2,1-8H3,(H,32,37)(H,33,38)(H3,30,31,34,35,36). The molecule has 0 radical (unpaired) electrons. The van der Waals surface area contributed by atoms with Crippen molar-refractivity contribution in [3.05, 3.63) is 0 Å². The first-order valence-corrected chi connectivity index (χ1v) is 14.6. The van der Waals surface area contributed by atoms with Crippen molar-refractivity contribution >= 4 is 24.2 Å². The van der Waals surface area contributed by atoms with Crippen molar-refractivity contribution in [2.75, 3.05) is 26.8 Å². The summed E-state index contributed by atoms with van der Waals surface area (Å²) in [4.78, 5) is 49.2. The van der Waals surface area contributed by atoms with E-state index in [0.29, 0.717) is 32.5 Å². The SMILES string of the molecule is CCCCOC(=O)NC1CC(C)(C)CC(C)(CNC(=O)NC(=O)NCC2(C)CC(NC(=O)OC)CC(C)(C)C2)C1. The van der Waals surface area contributed by atoms with Crippen LogP contribution >= 0.6 is 0 Å². The summed E-state index contributed by atoms with van der Waals surface area (Å²) in [5.74, 6) is 0. The predicted molar refractivity (Wildman–Crippen MR) is 154 cm³/mol. The number of rotatable bonds is 9. The Kier molecular flexibility index (Phi) is 11.5. The molecule has 2 rings (SSSR count). The molecular formula is C29H53N5O6. The number of amides is 6. The minimum absolute atomic E-state index is 0.0314. The van der Waals surface area contributed by atoms with E-state index in [1.807, 2.05) is 6.92 Å². The zero-order chi connectivity index (χ0) is 30.2. The maximum Gasteiger partial charge on any atom is 0.407 e. The second-order valence-electron chi connectivity index (χ2n) is 14.3. The number of hydrogen-bond acceptors (Lipinski definition) is 6. The summed E-state index contributed by atoms with van der Waals surface area (Å²) in [7, 11) is 1.34. The Morgan fingerprint density at radius 1 is 0.725 bits per heavy atom. The molecule has 0 bridgehead atoms. The number of nitrogens with one attached hydrogen (secondary N) is 5. The maximum absolute atomic E-state index is 12.6. The van der Waals surface area contributed by atoms with Crippen LogP contribution in [0.3, 0.4) is 0 Å². The quantitative estimate of drug-likeness (QED) is 0.247. The first-order chi connectivity index (χ1) is 18.5. The van der Waals surface area contributed by atoms with Gasteiger partial charge in [-0.15, -0.1) is 0 Å². The fraction of sp³-hybridized carbons (Fsp3) is 0.862. The lowest BCUT2D eigenvalue weighted by atomic mass is 9.62. The second kappa shape index (κ2) is 13.8. The van der Waals surface area contributed by atoms with E-state index in [1.54, 1.807) is 0 Å². The molecule has 0 heterocycles. The fourth-order valence-electron chi connectivity index (χ4n) is 7.26. The van der Waals surface area contributed by atoms with Crippen molar-refractivity contribution in [3.63, 3.8) is 0 Å². The molecule has 0 aromatic heterocycles. The first kappa shape index (κ1) is 33.5. The highest BCUT2D eigenvalue weighted by molar-refractivity contribution is 5.93. The number of unbranched alkanes of at least 4 members (excludes halogenated alkanes) is 1. The van der Waals surface area contributed by atoms with Crippen molar-refractivity contribution in [2.24, 2.45) is 21.7 Å². The number of hydrogen-bond donors (Lipinski definition) is 5. The zero-order valence-corrected chi connectivity index (χ0v) is 25.9. The van der Waals surface area contributed by atoms with Gasteiger partial charge in [-0.05, 0) is 66.6 Å². The predicted octanol–water partition coefficient (Wildman–Crippen LogP) is 5.05. The molecule has 2 aliphatic rings. The van der Waals surface area contributed by atoms with Gasteiger partial charge in [0.1, 0.15) is 0 Å². The lowest BCUT2D eigenvalue weighted by Crippen LogP contribution is -2.54. The molecule has 11 nitrogen and oxygen atoms in total. The Balaban J connectivity index is 1.85. The van der Waals surface area contributed by atoms with Gasteiger partial charge in [-0.1, -0.05) is 54.9 Å². The Hall–Kier alpha value is -2.72. The highest BCUT2D eigenvalue weighted by Crippen LogP contribution is 2.46. The smallest absolute Gasteiger partial charge is 0.407 e. The first-order valence-electron chi connectivity index (χ1n) is 14.6. The molecule has 2 aliphatic carbocycles. The third-order valence-electron chi connectivity index (χ3n) is 8.03. The molecule has 4 unspecified atom stereocenters. The maximum atomic E-state index is 12.6. The summed E-state index contributed by atoms with van der Waals surface area (Å²) in [5.41, 5.74) is -0.591. The summed E-state index contributed by atoms with van der Waals surface area (Å²) in [5, 5.41) is 14.0. The number of carbonyl (C=O) groups excluding carboxylic acids is 4. The van der Waals surface area contributed by atoms with Gasteiger partial charge in [-0.2, -0.15) is 0 Å². The molecular weight excluding hydrogens is 514 g/mol. The van der Waals surface area contributed by atoms with Gasteiger partial charge in [0.2, 0.25) is 0 Å². The van der Waals surface area contributed by atoms with Crippen LogP contribution in [0.2, 0.25) is 0 Å². The molecule has 0 saturated heterocycles. The van der Waals surface area contributed by atoms with E-state index >= 15 is 0 Å². The minimum atomic E-state index is -0.567. The van der Waals surface area contributed by atoms with Crippen LogP contribution in [-0.2, 0) is 9.47 Å². The number of alkyl carbamates (subject to hydrolysis) is 2. The fourth-order valence-corrected chi connectivity index (χ4v) is 7.26. The number of imide groups is 1. The minimum Gasteiger partial charge on any atom is -0.453 e. The van der Waals surface area contributed by atoms with Crippen LogP contribution in [0.1, 0.15) is 99.8 Å². The lowest BCUT2D eigenvalue weighted by Gasteiger charge is -2.46. The summed E-state index contributed by atoms with van der Waals surface area (Å²) >= 11 is 0. The van der Waals surface area contributed by atoms with Gasteiger partial charge in [-0.3, -0.25) is 5.32 Å². The van der Waals surface area contributed by atoms with Gasteiger partial charge in [0, 0.05) is 25.2 Å². The number of ether oxygens (including phenoxy) is 2. The van der Waals surface area contributed by atoms with Gasteiger partial charge < -0.3 is 30.7 Å². The molecule has 230 valence electrons. The van der Waals surface area contributed by atoms with Gasteiger partial charge in [0.15, 0.2) is 0 Å². The summed E-state index contributed by atoms with van der Waals surface area (Å²) in [6.45, 7) is 16.0. The molecule has 0 aromatic carbocycles. The Labute approximate surface area is 240 Å². The monoisotopic (exact) mass is 567 g/mol. The Morgan fingerprint density at radius 3 is 1.60 bits per heavy atom. The highest BCUT2D eigenvalue weighted by Gasteiger charge is 2.43. The second-order valence-corrected chi connectivity index (χ2v) is 14.3. The largest absolute Gasteiger partial charge is 0.453 e. The van der Waals surface area contributed by atoms with Crippen molar-refractivity contribution in [3.8, 4) is 0 Å². The van der Waals surface area contributed by atoms with Crippen LogP contribution in [-0.4, -0.2) is 63.1 Å². The van der Waals surface area contributed by atoms with Gasteiger partial charge in [-0.25, -0.2) is 19.2 Å². The van der Waals surface area contributed by atoms with Crippen LogP contribution in [0, 0.1) is 21.7 Å². The molecule has 40 heavy (non-hydrogen) atoms. The van der Waals surface area contributed by atoms with Gasteiger partial charge >= 0.3 is 24.2 Å². The average Bonchev–Trinajstić information content (AvgIpc) is 2.79. The van der Waals surface area contributed by atoms with Crippen molar-refractivity contribution < 1.29 is 28.7 Å². The van der Waals surface area contributed by atoms with Crippen LogP contribution < -0.4 is 26.6 Å². The highest BCUT2D eigenvalue weighted by atomic mass is 16.5. The number of methoxy groups -OCH3 is 1. The van der Waals surface area contributed by atoms with Gasteiger partial charge in [0.25, 0.3) is 0 Å². The molecule has 0 aromatic rings. The normalized spacial score (nSPS) is 28.9. The van der Waals surface area contributed by atoms with Crippen molar-refractivity contribution in [2.45, 2.75) is 112 Å². The molecule has 2 fully saturated rings. The third kappa shape index (κ3) is 11.4. The van der Waals surface area contributed by atoms with E-state index in [0.717, 1.165) is 38.5 Å². The van der Waals surface area contributed by atoms with E-state index in [4.69, 9.17) is 9.47 Å². The van der Waals surface area contributed by atoms with Crippen LogP contribution in [0.15, 0.2) is 0 Å². The van der Waals surface area contributed by atoms with Crippen LogP contribution in [0.25, 0.3) is 0 Å².